The van der Waals surface area contributed by atoms with E-state index in [4.69, 9.17) is 4.42 Å². The third-order valence-corrected chi connectivity index (χ3v) is 5.69. The average Bonchev–Trinajstić information content (AvgIpc) is 3.15. The first-order valence-corrected chi connectivity index (χ1v) is 9.32. The van der Waals surface area contributed by atoms with Gasteiger partial charge in [0.1, 0.15) is 11.5 Å². The van der Waals surface area contributed by atoms with Crippen LogP contribution in [0.1, 0.15) is 36.9 Å². The fourth-order valence-corrected chi connectivity index (χ4v) is 3.75. The van der Waals surface area contributed by atoms with E-state index < -0.39 is 15.9 Å². The summed E-state index contributed by atoms with van der Waals surface area (Å²) in [5.41, 5.74) is 3.12. The number of furan rings is 1. The van der Waals surface area contributed by atoms with Crippen molar-refractivity contribution in [2.75, 3.05) is 13.1 Å². The fraction of sp³-hybridized carbons (Fsp3) is 0.294. The minimum Gasteiger partial charge on any atom is -0.463 e. The topological polar surface area (TPSA) is 92.0 Å². The zero-order chi connectivity index (χ0) is 18.4. The first kappa shape index (κ1) is 18.9. The summed E-state index contributed by atoms with van der Waals surface area (Å²) in [6.07, 6.45) is 1.51. The Bertz CT molecular complexity index is 854. The van der Waals surface area contributed by atoms with E-state index in [9.17, 15) is 13.2 Å². The predicted molar refractivity (Wildman–Crippen MR) is 94.9 cm³/mol. The highest BCUT2D eigenvalue weighted by Crippen LogP contribution is 2.17. The number of hydrogen-bond donors (Lipinski definition) is 1. The van der Waals surface area contributed by atoms with Gasteiger partial charge in [-0.15, -0.1) is 0 Å². The SMILES string of the molecule is CCN(CC)S(=O)(=O)c1cccc(C(=O)N/N=C(\C)c2ccco2)c1. The molecule has 8 heteroatoms. The highest BCUT2D eigenvalue weighted by molar-refractivity contribution is 7.89. The maximum absolute atomic E-state index is 12.5. The van der Waals surface area contributed by atoms with E-state index >= 15 is 0 Å². The molecule has 25 heavy (non-hydrogen) atoms. The summed E-state index contributed by atoms with van der Waals surface area (Å²) in [4.78, 5) is 12.3. The molecule has 0 saturated carbocycles. The second-order valence-electron chi connectivity index (χ2n) is 5.23. The van der Waals surface area contributed by atoms with Crippen molar-refractivity contribution in [1.29, 1.82) is 0 Å². The summed E-state index contributed by atoms with van der Waals surface area (Å²) in [6.45, 7) is 5.96. The van der Waals surface area contributed by atoms with Crippen LogP contribution in [0.2, 0.25) is 0 Å². The highest BCUT2D eigenvalue weighted by atomic mass is 32.2. The van der Waals surface area contributed by atoms with Crippen LogP contribution in [0, 0.1) is 0 Å². The molecular formula is C17H21N3O4S. The van der Waals surface area contributed by atoms with Crippen LogP contribution < -0.4 is 5.43 Å². The van der Waals surface area contributed by atoms with Crippen LogP contribution in [0.25, 0.3) is 0 Å². The molecule has 1 aromatic heterocycles. The van der Waals surface area contributed by atoms with Gasteiger partial charge in [-0.2, -0.15) is 9.41 Å². The largest absolute Gasteiger partial charge is 0.463 e. The highest BCUT2D eigenvalue weighted by Gasteiger charge is 2.22. The quantitative estimate of drug-likeness (QED) is 0.604. The Morgan fingerprint density at radius 2 is 1.92 bits per heavy atom. The van der Waals surface area contributed by atoms with Crippen LogP contribution in [0.4, 0.5) is 0 Å². The zero-order valence-corrected chi connectivity index (χ0v) is 15.2. The summed E-state index contributed by atoms with van der Waals surface area (Å²) in [5, 5.41) is 3.97. The monoisotopic (exact) mass is 363 g/mol. The number of hydrazone groups is 1. The van der Waals surface area contributed by atoms with E-state index in [1.807, 2.05) is 0 Å². The van der Waals surface area contributed by atoms with Crippen LogP contribution in [-0.2, 0) is 10.0 Å². The maximum atomic E-state index is 12.5. The third-order valence-electron chi connectivity index (χ3n) is 3.64. The number of rotatable bonds is 7. The summed E-state index contributed by atoms with van der Waals surface area (Å²) in [6, 6.07) is 9.34. The lowest BCUT2D eigenvalue weighted by Gasteiger charge is -2.18. The van der Waals surface area contributed by atoms with Gasteiger partial charge in [0.2, 0.25) is 10.0 Å². The number of carbonyl (C=O) groups excluding carboxylic acids is 1. The van der Waals surface area contributed by atoms with E-state index in [1.165, 1.54) is 34.8 Å². The molecule has 0 fully saturated rings. The summed E-state index contributed by atoms with van der Waals surface area (Å²) in [7, 11) is -3.62. The van der Waals surface area contributed by atoms with E-state index in [2.05, 4.69) is 10.5 Å². The number of carbonyl (C=O) groups is 1. The fourth-order valence-electron chi connectivity index (χ4n) is 2.25. The van der Waals surface area contributed by atoms with Crippen LogP contribution in [0.5, 0.6) is 0 Å². The van der Waals surface area contributed by atoms with Crippen molar-refractivity contribution in [3.8, 4) is 0 Å². The van der Waals surface area contributed by atoms with Crippen molar-refractivity contribution in [1.82, 2.24) is 9.73 Å². The van der Waals surface area contributed by atoms with Gasteiger partial charge < -0.3 is 4.42 Å². The number of benzene rings is 1. The van der Waals surface area contributed by atoms with Crippen molar-refractivity contribution in [3.63, 3.8) is 0 Å². The van der Waals surface area contributed by atoms with Crippen LogP contribution >= 0.6 is 0 Å². The zero-order valence-electron chi connectivity index (χ0n) is 14.4. The van der Waals surface area contributed by atoms with Gasteiger partial charge in [-0.3, -0.25) is 4.79 Å². The van der Waals surface area contributed by atoms with Crippen LogP contribution in [0.15, 0.2) is 57.1 Å². The molecule has 1 N–H and O–H groups in total. The maximum Gasteiger partial charge on any atom is 0.271 e. The van der Waals surface area contributed by atoms with Crippen molar-refractivity contribution < 1.29 is 17.6 Å². The number of sulfonamides is 1. The summed E-state index contributed by atoms with van der Waals surface area (Å²) >= 11 is 0. The molecule has 7 nitrogen and oxygen atoms in total. The summed E-state index contributed by atoms with van der Waals surface area (Å²) < 4.78 is 31.6. The van der Waals surface area contributed by atoms with Gasteiger partial charge in [-0.1, -0.05) is 19.9 Å². The van der Waals surface area contributed by atoms with E-state index in [-0.39, 0.29) is 10.5 Å². The molecule has 0 bridgehead atoms. The minimum atomic E-state index is -3.62. The normalized spacial score (nSPS) is 12.4. The van der Waals surface area contributed by atoms with Gasteiger partial charge in [0.15, 0.2) is 0 Å². The standard InChI is InChI=1S/C17H21N3O4S/c1-4-20(5-2)25(22,23)15-9-6-8-14(12-15)17(21)19-18-13(3)16-10-7-11-24-16/h6-12H,4-5H2,1-3H3,(H,19,21)/b18-13+. The minimum absolute atomic E-state index is 0.0792. The Kier molecular flexibility index (Phi) is 6.11. The molecule has 2 aromatic rings. The third kappa shape index (κ3) is 4.34. The van der Waals surface area contributed by atoms with E-state index in [0.29, 0.717) is 24.6 Å². The average molecular weight is 363 g/mol. The van der Waals surface area contributed by atoms with Crippen molar-refractivity contribution in [2.45, 2.75) is 25.7 Å². The number of nitrogens with zero attached hydrogens (tertiary/aromatic N) is 2. The van der Waals surface area contributed by atoms with E-state index in [0.717, 1.165) is 0 Å². The molecule has 1 heterocycles. The molecule has 0 atom stereocenters. The molecule has 0 aliphatic carbocycles. The number of nitrogens with one attached hydrogen (secondary N) is 1. The molecule has 0 saturated heterocycles. The first-order valence-electron chi connectivity index (χ1n) is 7.88. The lowest BCUT2D eigenvalue weighted by atomic mass is 10.2. The van der Waals surface area contributed by atoms with Crippen molar-refractivity contribution >= 4 is 21.6 Å². The second-order valence-corrected chi connectivity index (χ2v) is 7.17. The molecule has 0 aliphatic rings. The summed E-state index contributed by atoms with van der Waals surface area (Å²) in [5.74, 6) is 0.0423. The molecule has 0 spiro atoms. The Hall–Kier alpha value is -2.45. The molecule has 2 rings (SSSR count). The van der Waals surface area contributed by atoms with Gasteiger partial charge in [0, 0.05) is 18.7 Å². The van der Waals surface area contributed by atoms with Gasteiger partial charge in [0.25, 0.3) is 5.91 Å². The predicted octanol–water partition coefficient (Wildman–Crippen LogP) is 2.46. The molecule has 0 unspecified atom stereocenters. The van der Waals surface area contributed by atoms with Gasteiger partial charge in [0.05, 0.1) is 11.2 Å². The lowest BCUT2D eigenvalue weighted by molar-refractivity contribution is 0.0954. The van der Waals surface area contributed by atoms with Crippen LogP contribution in [-0.4, -0.2) is 37.4 Å². The Labute approximate surface area is 147 Å². The second kappa shape index (κ2) is 8.09. The number of hydrogen-bond acceptors (Lipinski definition) is 5. The number of amides is 1. The molecule has 0 radical (unpaired) electrons. The van der Waals surface area contributed by atoms with Crippen molar-refractivity contribution in [2.24, 2.45) is 5.10 Å². The van der Waals surface area contributed by atoms with Crippen molar-refractivity contribution in [3.05, 3.63) is 54.0 Å². The lowest BCUT2D eigenvalue weighted by Crippen LogP contribution is -2.30. The first-order chi connectivity index (χ1) is 11.9. The van der Waals surface area contributed by atoms with E-state index in [1.54, 1.807) is 32.9 Å². The van der Waals surface area contributed by atoms with Gasteiger partial charge >= 0.3 is 0 Å². The Morgan fingerprint density at radius 3 is 2.52 bits per heavy atom. The molecule has 1 aromatic carbocycles. The molecule has 0 aliphatic heterocycles. The van der Waals surface area contributed by atoms with Gasteiger partial charge in [-0.05, 0) is 37.3 Å². The molecule has 134 valence electrons. The molecule has 1 amide bonds. The van der Waals surface area contributed by atoms with Crippen LogP contribution in [0.3, 0.4) is 0 Å². The Morgan fingerprint density at radius 1 is 1.20 bits per heavy atom. The molecular weight excluding hydrogens is 342 g/mol. The Balaban J connectivity index is 2.21. The smallest absolute Gasteiger partial charge is 0.271 e. The van der Waals surface area contributed by atoms with Gasteiger partial charge in [-0.25, -0.2) is 13.8 Å².